The molecule has 33 heavy (non-hydrogen) atoms. The van der Waals surface area contributed by atoms with Crippen molar-refractivity contribution in [3.8, 4) is 17.3 Å². The molecule has 0 aliphatic heterocycles. The highest BCUT2D eigenvalue weighted by molar-refractivity contribution is 6.01. The maximum absolute atomic E-state index is 12.2. The zero-order valence-corrected chi connectivity index (χ0v) is 19.2. The molecule has 0 aliphatic rings. The number of hydrogen-bond donors (Lipinski definition) is 3. The van der Waals surface area contributed by atoms with Gasteiger partial charge in [-0.3, -0.25) is 4.79 Å². The van der Waals surface area contributed by atoms with Crippen molar-refractivity contribution >= 4 is 28.4 Å². The summed E-state index contributed by atoms with van der Waals surface area (Å²) in [5.41, 5.74) is 3.84. The Morgan fingerprint density at radius 2 is 1.85 bits per heavy atom. The van der Waals surface area contributed by atoms with Crippen molar-refractivity contribution in [3.63, 3.8) is 0 Å². The molecule has 0 fully saturated rings. The minimum Gasteiger partial charge on any atom is -0.394 e. The molecule has 0 bridgehead atoms. The topological polar surface area (TPSA) is 102 Å². The molecule has 1 amide bonds. The normalized spacial score (nSPS) is 12.4. The van der Waals surface area contributed by atoms with Crippen molar-refractivity contribution in [3.05, 3.63) is 59.8 Å². The largest absolute Gasteiger partial charge is 0.394 e. The van der Waals surface area contributed by atoms with Crippen molar-refractivity contribution in [2.45, 2.75) is 20.0 Å². The van der Waals surface area contributed by atoms with Crippen LogP contribution in [0.2, 0.25) is 0 Å². The average Bonchev–Trinajstić information content (AvgIpc) is 3.20. The summed E-state index contributed by atoms with van der Waals surface area (Å²) >= 11 is 0. The van der Waals surface area contributed by atoms with Gasteiger partial charge < -0.3 is 25.0 Å². The molecule has 3 aromatic rings. The fourth-order valence-electron chi connectivity index (χ4n) is 3.81. The van der Waals surface area contributed by atoms with Gasteiger partial charge >= 0.3 is 0 Å². The van der Waals surface area contributed by atoms with Gasteiger partial charge in [0.15, 0.2) is 0 Å². The second kappa shape index (κ2) is 10.8. The minimum absolute atomic E-state index is 0.0738. The third-order valence-electron chi connectivity index (χ3n) is 5.78. The van der Waals surface area contributed by atoms with E-state index >= 15 is 0 Å². The molecule has 3 N–H and O–H groups in total. The van der Waals surface area contributed by atoms with Crippen LogP contribution < -0.4 is 10.2 Å². The fourth-order valence-corrected chi connectivity index (χ4v) is 3.81. The highest BCUT2D eigenvalue weighted by atomic mass is 16.3. The minimum atomic E-state index is -1.06. The number of fused-ring (bicyclic) bond motifs is 1. The lowest BCUT2D eigenvalue weighted by Gasteiger charge is -2.21. The lowest BCUT2D eigenvalue weighted by molar-refractivity contribution is -0.117. The van der Waals surface area contributed by atoms with Crippen molar-refractivity contribution in [1.82, 2.24) is 9.88 Å². The molecule has 0 aliphatic carbocycles. The molecule has 3 rings (SSSR count). The van der Waals surface area contributed by atoms with Crippen molar-refractivity contribution in [1.29, 1.82) is 5.26 Å². The Kier molecular flexibility index (Phi) is 7.88. The van der Waals surface area contributed by atoms with E-state index in [1.807, 2.05) is 29.8 Å². The number of carbonyl (C=O) groups excluding carboxylic acids is 1. The number of aromatic nitrogens is 1. The van der Waals surface area contributed by atoms with Gasteiger partial charge in [-0.15, -0.1) is 0 Å². The molecule has 2 aromatic carbocycles. The quantitative estimate of drug-likeness (QED) is 0.346. The van der Waals surface area contributed by atoms with Crippen LogP contribution in [-0.4, -0.2) is 53.0 Å². The summed E-state index contributed by atoms with van der Waals surface area (Å²) in [6.45, 7) is 5.64. The molecular weight excluding hydrogens is 416 g/mol. The Bertz CT molecular complexity index is 1200. The number of rotatable bonds is 9. The van der Waals surface area contributed by atoms with Crippen LogP contribution in [0.15, 0.2) is 54.1 Å². The van der Waals surface area contributed by atoms with Gasteiger partial charge in [-0.05, 0) is 66.6 Å². The summed E-state index contributed by atoms with van der Waals surface area (Å²) in [4.78, 5) is 14.6. The van der Waals surface area contributed by atoms with E-state index in [0.717, 1.165) is 29.7 Å². The van der Waals surface area contributed by atoms with Gasteiger partial charge in [0.25, 0.3) is 5.91 Å². The molecule has 7 heteroatoms. The average molecular weight is 447 g/mol. The highest BCUT2D eigenvalue weighted by Crippen LogP contribution is 2.29. The summed E-state index contributed by atoms with van der Waals surface area (Å²) < 4.78 is 1.93. The highest BCUT2D eigenvalue weighted by Gasteiger charge is 2.13. The van der Waals surface area contributed by atoms with Crippen LogP contribution in [0.4, 0.5) is 5.69 Å². The lowest BCUT2D eigenvalue weighted by Crippen LogP contribution is -2.34. The van der Waals surface area contributed by atoms with E-state index in [2.05, 4.69) is 60.5 Å². The Morgan fingerprint density at radius 1 is 1.15 bits per heavy atom. The van der Waals surface area contributed by atoms with Crippen LogP contribution in [0.3, 0.4) is 0 Å². The third kappa shape index (κ3) is 5.43. The lowest BCUT2D eigenvalue weighted by atomic mass is 10.0. The van der Waals surface area contributed by atoms with E-state index in [1.165, 1.54) is 17.1 Å². The summed E-state index contributed by atoms with van der Waals surface area (Å²) in [5, 5.41) is 32.4. The Balaban J connectivity index is 1.87. The predicted molar refractivity (Wildman–Crippen MR) is 132 cm³/mol. The Labute approximate surface area is 194 Å². The number of hydrogen-bond acceptors (Lipinski definition) is 5. The summed E-state index contributed by atoms with van der Waals surface area (Å²) in [6, 6.07) is 18.5. The molecule has 0 radical (unpaired) electrons. The molecule has 1 aromatic heterocycles. The zero-order valence-electron chi connectivity index (χ0n) is 19.2. The van der Waals surface area contributed by atoms with Crippen molar-refractivity contribution in [2.75, 3.05) is 31.1 Å². The van der Waals surface area contributed by atoms with Gasteiger partial charge in [0.05, 0.1) is 12.7 Å². The molecule has 1 unspecified atom stereocenters. The Morgan fingerprint density at radius 3 is 2.52 bits per heavy atom. The monoisotopic (exact) mass is 446 g/mol. The maximum atomic E-state index is 12.2. The van der Waals surface area contributed by atoms with Gasteiger partial charge in [-0.1, -0.05) is 18.2 Å². The third-order valence-corrected chi connectivity index (χ3v) is 5.78. The first-order chi connectivity index (χ1) is 15.9. The van der Waals surface area contributed by atoms with E-state index < -0.39 is 18.6 Å². The number of nitriles is 1. The number of aliphatic hydroxyl groups excluding tert-OH is 2. The molecule has 7 nitrogen and oxygen atoms in total. The number of nitrogens with one attached hydrogen (secondary N) is 1. The summed E-state index contributed by atoms with van der Waals surface area (Å²) in [5.74, 6) is -0.595. The first-order valence-electron chi connectivity index (χ1n) is 11.1. The second-order valence-electron chi connectivity index (χ2n) is 7.84. The van der Waals surface area contributed by atoms with Gasteiger partial charge in [0.1, 0.15) is 11.6 Å². The zero-order chi connectivity index (χ0) is 24.0. The van der Waals surface area contributed by atoms with Crippen molar-refractivity contribution in [2.24, 2.45) is 7.05 Å². The molecule has 1 heterocycles. The van der Waals surface area contributed by atoms with E-state index in [1.54, 1.807) is 0 Å². The SMILES string of the molecule is CCN(CC)c1ccc2cc(-c3ccc(C=C(C#N)C(=O)NCC(O)CO)n3C)ccc2c1. The molecule has 1 atom stereocenters. The van der Waals surface area contributed by atoms with Crippen molar-refractivity contribution < 1.29 is 15.0 Å². The van der Waals surface area contributed by atoms with Gasteiger partial charge in [-0.2, -0.15) is 5.26 Å². The van der Waals surface area contributed by atoms with Crippen LogP contribution >= 0.6 is 0 Å². The first kappa shape index (κ1) is 24.1. The van der Waals surface area contributed by atoms with Gasteiger partial charge in [0.2, 0.25) is 0 Å². The fraction of sp³-hybridized carbons (Fsp3) is 0.308. The first-order valence-corrected chi connectivity index (χ1v) is 11.1. The molecule has 172 valence electrons. The van der Waals surface area contributed by atoms with Gasteiger partial charge in [-0.25, -0.2) is 0 Å². The van der Waals surface area contributed by atoms with Crippen LogP contribution in [-0.2, 0) is 11.8 Å². The standard InChI is InChI=1S/C26H30N4O3/c1-4-30(5-2)23-9-8-18-12-20(7-6-19(18)13-23)25-11-10-22(29(25)3)14-21(15-27)26(33)28-16-24(32)17-31/h6-14,24,31-32H,4-5,16-17H2,1-3H3,(H,28,33). The Hall–Kier alpha value is -3.60. The molecular formula is C26H30N4O3. The van der Waals surface area contributed by atoms with Crippen LogP contribution in [0.5, 0.6) is 0 Å². The summed E-state index contributed by atoms with van der Waals surface area (Å²) in [6.07, 6.45) is 0.452. The van der Waals surface area contributed by atoms with E-state index in [-0.39, 0.29) is 12.1 Å². The smallest absolute Gasteiger partial charge is 0.262 e. The van der Waals surface area contributed by atoms with E-state index in [4.69, 9.17) is 5.11 Å². The maximum Gasteiger partial charge on any atom is 0.262 e. The number of nitrogens with zero attached hydrogens (tertiary/aromatic N) is 3. The van der Waals surface area contributed by atoms with Crippen LogP contribution in [0.1, 0.15) is 19.5 Å². The van der Waals surface area contributed by atoms with Crippen LogP contribution in [0.25, 0.3) is 28.1 Å². The number of anilines is 1. The number of benzene rings is 2. The van der Waals surface area contributed by atoms with E-state index in [0.29, 0.717) is 5.69 Å². The molecule has 0 saturated carbocycles. The number of amides is 1. The summed E-state index contributed by atoms with van der Waals surface area (Å²) in [7, 11) is 1.89. The van der Waals surface area contributed by atoms with Gasteiger partial charge in [0, 0.05) is 43.8 Å². The second-order valence-corrected chi connectivity index (χ2v) is 7.84. The van der Waals surface area contributed by atoms with E-state index in [9.17, 15) is 15.2 Å². The number of aliphatic hydroxyl groups is 2. The predicted octanol–water partition coefficient (Wildman–Crippen LogP) is 3.07. The van der Waals surface area contributed by atoms with Crippen LogP contribution in [0, 0.1) is 11.3 Å². The number of carbonyl (C=O) groups is 1. The molecule has 0 spiro atoms. The molecule has 0 saturated heterocycles.